The Labute approximate surface area is 185 Å². The Kier molecular flexibility index (Phi) is 4.44. The van der Waals surface area contributed by atoms with E-state index >= 15 is 0 Å². The highest BCUT2D eigenvalue weighted by atomic mass is 15.0. The van der Waals surface area contributed by atoms with Gasteiger partial charge in [-0.05, 0) is 54.5 Å². The Hall–Kier alpha value is -4.03. The van der Waals surface area contributed by atoms with Gasteiger partial charge in [0, 0.05) is 53.9 Å². The summed E-state index contributed by atoms with van der Waals surface area (Å²) in [7, 11) is 0. The lowest BCUT2D eigenvalue weighted by atomic mass is 9.96. The smallest absolute Gasteiger partial charge is 0.159 e. The molecular weight excluding hydrogens is 396 g/mol. The molecule has 1 aliphatic rings. The zero-order valence-electron chi connectivity index (χ0n) is 17.5. The van der Waals surface area contributed by atoms with Gasteiger partial charge in [0.25, 0.3) is 0 Å². The summed E-state index contributed by atoms with van der Waals surface area (Å²) in [6.07, 6.45) is 9.41. The molecule has 0 amide bonds. The highest BCUT2D eigenvalue weighted by Crippen LogP contribution is 2.31. The van der Waals surface area contributed by atoms with E-state index in [1.54, 1.807) is 18.6 Å². The van der Waals surface area contributed by atoms with Crippen LogP contribution < -0.4 is 5.32 Å². The van der Waals surface area contributed by atoms with E-state index in [9.17, 15) is 0 Å². The number of benzene rings is 2. The third kappa shape index (κ3) is 3.31. The number of nitrogens with zero attached hydrogens (tertiary/aromatic N) is 5. The van der Waals surface area contributed by atoms with Crippen LogP contribution in [0.5, 0.6) is 0 Å². The molecule has 0 fully saturated rings. The Morgan fingerprint density at radius 3 is 2.56 bits per heavy atom. The fraction of sp³-hybridized carbons (Fsp3) is 0.115. The van der Waals surface area contributed by atoms with Gasteiger partial charge in [-0.3, -0.25) is 15.0 Å². The first kappa shape index (κ1) is 18.7. The van der Waals surface area contributed by atoms with Crippen molar-refractivity contribution in [2.45, 2.75) is 19.5 Å². The molecule has 6 heteroatoms. The third-order valence-electron chi connectivity index (χ3n) is 5.81. The topological polar surface area (TPSA) is 76.5 Å². The SMILES string of the molecule is C[C@@H]1C=C(c2ccc3nccnc3c2)c2cnc(-c3ccc4ncccc4c3)nc2CN1. The van der Waals surface area contributed by atoms with Gasteiger partial charge in [-0.25, -0.2) is 9.97 Å². The van der Waals surface area contributed by atoms with E-state index in [4.69, 9.17) is 9.97 Å². The minimum Gasteiger partial charge on any atom is -0.305 e. The normalized spacial score (nSPS) is 15.9. The van der Waals surface area contributed by atoms with Crippen molar-refractivity contribution in [1.29, 1.82) is 0 Å². The minimum atomic E-state index is 0.201. The first-order valence-electron chi connectivity index (χ1n) is 10.6. The molecule has 1 aliphatic heterocycles. The van der Waals surface area contributed by atoms with Gasteiger partial charge in [0.1, 0.15) is 0 Å². The van der Waals surface area contributed by atoms with E-state index in [1.165, 1.54) is 0 Å². The van der Waals surface area contributed by atoms with Crippen LogP contribution in [0.1, 0.15) is 23.7 Å². The molecule has 5 aromatic rings. The summed E-state index contributed by atoms with van der Waals surface area (Å²) in [6.45, 7) is 2.83. The van der Waals surface area contributed by atoms with Crippen molar-refractivity contribution in [2.24, 2.45) is 0 Å². The van der Waals surface area contributed by atoms with E-state index in [2.05, 4.69) is 57.5 Å². The van der Waals surface area contributed by atoms with Crippen LogP contribution in [0.4, 0.5) is 0 Å². The summed E-state index contributed by atoms with van der Waals surface area (Å²) in [6, 6.07) is 16.5. The Morgan fingerprint density at radius 1 is 0.812 bits per heavy atom. The number of fused-ring (bicyclic) bond motifs is 3. The van der Waals surface area contributed by atoms with Crippen molar-refractivity contribution in [3.05, 3.63) is 96.2 Å². The van der Waals surface area contributed by atoms with Crippen molar-refractivity contribution in [1.82, 2.24) is 30.2 Å². The number of pyridine rings is 1. The van der Waals surface area contributed by atoms with Gasteiger partial charge in [-0.1, -0.05) is 18.2 Å². The highest BCUT2D eigenvalue weighted by Gasteiger charge is 2.19. The van der Waals surface area contributed by atoms with Crippen molar-refractivity contribution >= 4 is 27.5 Å². The molecule has 154 valence electrons. The Morgan fingerprint density at radius 2 is 1.62 bits per heavy atom. The molecule has 32 heavy (non-hydrogen) atoms. The largest absolute Gasteiger partial charge is 0.305 e. The zero-order chi connectivity index (χ0) is 21.5. The highest BCUT2D eigenvalue weighted by molar-refractivity contribution is 5.87. The monoisotopic (exact) mass is 416 g/mol. The maximum atomic E-state index is 4.96. The average Bonchev–Trinajstić information content (AvgIpc) is 3.02. The molecule has 0 saturated heterocycles. The van der Waals surface area contributed by atoms with E-state index in [1.807, 2.05) is 30.5 Å². The van der Waals surface area contributed by atoms with Crippen LogP contribution in [0.2, 0.25) is 0 Å². The Balaban J connectivity index is 1.46. The average molecular weight is 416 g/mol. The van der Waals surface area contributed by atoms with Crippen molar-refractivity contribution < 1.29 is 0 Å². The van der Waals surface area contributed by atoms with E-state index in [0.29, 0.717) is 6.54 Å². The van der Waals surface area contributed by atoms with Gasteiger partial charge < -0.3 is 5.32 Å². The number of aromatic nitrogens is 5. The van der Waals surface area contributed by atoms with Crippen molar-refractivity contribution in [2.75, 3.05) is 0 Å². The van der Waals surface area contributed by atoms with Crippen LogP contribution in [-0.4, -0.2) is 31.0 Å². The van der Waals surface area contributed by atoms with Crippen molar-refractivity contribution in [3.63, 3.8) is 0 Å². The molecule has 6 nitrogen and oxygen atoms in total. The summed E-state index contributed by atoms with van der Waals surface area (Å²) in [4.78, 5) is 23.0. The summed E-state index contributed by atoms with van der Waals surface area (Å²) in [5.41, 5.74) is 7.92. The predicted molar refractivity (Wildman–Crippen MR) is 126 cm³/mol. The lowest BCUT2D eigenvalue weighted by molar-refractivity contribution is 0.629. The number of nitrogens with one attached hydrogen (secondary N) is 1. The lowest BCUT2D eigenvalue weighted by Crippen LogP contribution is -2.22. The molecule has 2 aromatic carbocycles. The van der Waals surface area contributed by atoms with Crippen LogP contribution >= 0.6 is 0 Å². The fourth-order valence-electron chi connectivity index (χ4n) is 4.17. The van der Waals surface area contributed by atoms with Crippen LogP contribution in [0.25, 0.3) is 38.9 Å². The molecular formula is C26H20N6. The second-order valence-corrected chi connectivity index (χ2v) is 7.97. The van der Waals surface area contributed by atoms with Gasteiger partial charge in [0.15, 0.2) is 5.82 Å². The van der Waals surface area contributed by atoms with E-state index in [0.717, 1.165) is 55.7 Å². The summed E-state index contributed by atoms with van der Waals surface area (Å²) >= 11 is 0. The maximum Gasteiger partial charge on any atom is 0.159 e. The number of hydrogen-bond donors (Lipinski definition) is 1. The minimum absolute atomic E-state index is 0.201. The molecule has 0 spiro atoms. The molecule has 1 atom stereocenters. The van der Waals surface area contributed by atoms with Gasteiger partial charge >= 0.3 is 0 Å². The second-order valence-electron chi connectivity index (χ2n) is 7.97. The quantitative estimate of drug-likeness (QED) is 0.455. The second kappa shape index (κ2) is 7.59. The van der Waals surface area contributed by atoms with Crippen molar-refractivity contribution in [3.8, 4) is 11.4 Å². The molecule has 1 N–H and O–H groups in total. The first-order valence-corrected chi connectivity index (χ1v) is 10.6. The van der Waals surface area contributed by atoms with Gasteiger partial charge in [-0.2, -0.15) is 0 Å². The maximum absolute atomic E-state index is 4.96. The van der Waals surface area contributed by atoms with Crippen LogP contribution in [0.3, 0.4) is 0 Å². The summed E-state index contributed by atoms with van der Waals surface area (Å²) in [5, 5.41) is 4.62. The predicted octanol–water partition coefficient (Wildman–Crippen LogP) is 4.56. The third-order valence-corrected chi connectivity index (χ3v) is 5.81. The molecule has 0 radical (unpaired) electrons. The zero-order valence-corrected chi connectivity index (χ0v) is 17.5. The lowest BCUT2D eigenvalue weighted by Gasteiger charge is -2.12. The molecule has 3 aromatic heterocycles. The molecule has 0 unspecified atom stereocenters. The molecule has 0 saturated carbocycles. The molecule has 0 aliphatic carbocycles. The Bertz CT molecular complexity index is 1510. The summed E-state index contributed by atoms with van der Waals surface area (Å²) in [5.74, 6) is 0.717. The van der Waals surface area contributed by atoms with Gasteiger partial charge in [-0.15, -0.1) is 0 Å². The molecule has 0 bridgehead atoms. The van der Waals surface area contributed by atoms with Crippen LogP contribution in [0.15, 0.2) is 79.4 Å². The van der Waals surface area contributed by atoms with Gasteiger partial charge in [0.2, 0.25) is 0 Å². The number of rotatable bonds is 2. The number of hydrogen-bond acceptors (Lipinski definition) is 6. The standard InChI is InChI=1S/C26H20N6/c1-16-11-20(17-4-7-23-24(13-17)29-10-9-28-23)21-14-31-26(32-25(21)15-30-16)19-5-6-22-18(12-19)3-2-8-27-22/h2-14,16,30H,15H2,1H3/t16-/m1/s1. The van der Waals surface area contributed by atoms with E-state index in [-0.39, 0.29) is 6.04 Å². The van der Waals surface area contributed by atoms with E-state index < -0.39 is 0 Å². The van der Waals surface area contributed by atoms with Crippen LogP contribution in [0, 0.1) is 0 Å². The summed E-state index contributed by atoms with van der Waals surface area (Å²) < 4.78 is 0. The molecule has 4 heterocycles. The first-order chi connectivity index (χ1) is 15.7. The van der Waals surface area contributed by atoms with Gasteiger partial charge in [0.05, 0.1) is 22.2 Å². The molecule has 6 rings (SSSR count). The van der Waals surface area contributed by atoms with Crippen LogP contribution in [-0.2, 0) is 6.54 Å². The fourth-order valence-corrected chi connectivity index (χ4v) is 4.17.